The molecule has 1 N–H and O–H groups in total. The average Bonchev–Trinajstić information content (AvgIpc) is 3.03. The van der Waals surface area contributed by atoms with Crippen LogP contribution in [0.2, 0.25) is 0 Å². The highest BCUT2D eigenvalue weighted by Gasteiger charge is 2.27. The molecule has 1 aromatic carbocycles. The minimum absolute atomic E-state index is 0.0510. The summed E-state index contributed by atoms with van der Waals surface area (Å²) >= 11 is 0. The fourth-order valence-electron chi connectivity index (χ4n) is 2.96. The Hall–Kier alpha value is -2.69. The second kappa shape index (κ2) is 6.60. The van der Waals surface area contributed by atoms with Gasteiger partial charge in [0.25, 0.3) is 5.91 Å². The van der Waals surface area contributed by atoms with Crippen molar-refractivity contribution < 1.29 is 14.7 Å². The van der Waals surface area contributed by atoms with Crippen LogP contribution < -0.4 is 0 Å². The molecule has 0 radical (unpaired) electrons. The van der Waals surface area contributed by atoms with Gasteiger partial charge < -0.3 is 10.0 Å². The van der Waals surface area contributed by atoms with Gasteiger partial charge in [0.2, 0.25) is 0 Å². The lowest BCUT2D eigenvalue weighted by Crippen LogP contribution is -2.29. The van der Waals surface area contributed by atoms with Gasteiger partial charge >= 0.3 is 5.97 Å². The fraction of sp³-hybridized carbons (Fsp3) is 0.278. The smallest absolute Gasteiger partial charge is 0.354 e. The van der Waals surface area contributed by atoms with Crippen LogP contribution in [0.25, 0.3) is 0 Å². The van der Waals surface area contributed by atoms with Gasteiger partial charge in [-0.25, -0.2) is 9.78 Å². The molecule has 2 aromatic rings. The third-order valence-electron chi connectivity index (χ3n) is 4.17. The van der Waals surface area contributed by atoms with Crippen LogP contribution in [0.15, 0.2) is 48.7 Å². The summed E-state index contributed by atoms with van der Waals surface area (Å²) in [6.07, 6.45) is 3.30. The van der Waals surface area contributed by atoms with Crippen molar-refractivity contribution in [2.45, 2.75) is 12.8 Å². The molecule has 0 spiro atoms. The van der Waals surface area contributed by atoms with Crippen LogP contribution >= 0.6 is 0 Å². The summed E-state index contributed by atoms with van der Waals surface area (Å²) in [5, 5.41) is 8.84. The summed E-state index contributed by atoms with van der Waals surface area (Å²) in [4.78, 5) is 28.9. The molecule has 0 unspecified atom stereocenters. The van der Waals surface area contributed by atoms with Gasteiger partial charge in [-0.15, -0.1) is 0 Å². The Morgan fingerprint density at radius 1 is 1.17 bits per heavy atom. The molecule has 1 amide bonds. The van der Waals surface area contributed by atoms with Gasteiger partial charge in [-0.05, 0) is 36.5 Å². The lowest BCUT2D eigenvalue weighted by Gasteiger charge is -2.16. The third kappa shape index (κ3) is 3.56. The number of hydrogen-bond donors (Lipinski definition) is 1. The van der Waals surface area contributed by atoms with Crippen molar-refractivity contribution >= 4 is 11.9 Å². The van der Waals surface area contributed by atoms with Crippen LogP contribution in [0, 0.1) is 5.92 Å². The summed E-state index contributed by atoms with van der Waals surface area (Å²) in [6, 6.07) is 13.2. The van der Waals surface area contributed by atoms with Crippen LogP contribution in [0.4, 0.5) is 0 Å². The summed E-state index contributed by atoms with van der Waals surface area (Å²) in [6.45, 7) is 1.46. The molecule has 2 heterocycles. The molecule has 118 valence electrons. The number of amides is 1. The van der Waals surface area contributed by atoms with Crippen LogP contribution in [0.3, 0.4) is 0 Å². The molecule has 1 atom stereocenters. The maximum atomic E-state index is 12.5. The Bertz CT molecular complexity index is 698. The number of carbonyl (C=O) groups excluding carboxylic acids is 1. The Morgan fingerprint density at radius 2 is 1.96 bits per heavy atom. The normalized spacial score (nSPS) is 17.2. The van der Waals surface area contributed by atoms with Crippen molar-refractivity contribution in [2.75, 3.05) is 13.1 Å². The number of benzene rings is 1. The van der Waals surface area contributed by atoms with Crippen LogP contribution in [0.1, 0.15) is 32.8 Å². The second-order valence-corrected chi connectivity index (χ2v) is 5.83. The SMILES string of the molecule is O=C(O)c1ccc(C(=O)N2CC[C@H](Cc3ccccc3)C2)cn1. The molecular weight excluding hydrogens is 292 g/mol. The van der Waals surface area contributed by atoms with Crippen molar-refractivity contribution in [3.63, 3.8) is 0 Å². The standard InChI is InChI=1S/C18H18N2O3/c21-17(15-6-7-16(18(22)23)19-11-15)20-9-8-14(12-20)10-13-4-2-1-3-5-13/h1-7,11,14H,8-10,12H2,(H,22,23)/t14-/m1/s1. The molecule has 0 saturated carbocycles. The number of aromatic carboxylic acids is 1. The van der Waals surface area contributed by atoms with Crippen LogP contribution in [-0.4, -0.2) is 40.0 Å². The third-order valence-corrected chi connectivity index (χ3v) is 4.17. The number of pyridine rings is 1. The zero-order valence-corrected chi connectivity index (χ0v) is 12.7. The molecule has 5 heteroatoms. The summed E-state index contributed by atoms with van der Waals surface area (Å²) in [7, 11) is 0. The molecular formula is C18H18N2O3. The van der Waals surface area contributed by atoms with E-state index in [1.165, 1.54) is 23.9 Å². The molecule has 1 saturated heterocycles. The van der Waals surface area contributed by atoms with Gasteiger partial charge in [0, 0.05) is 19.3 Å². The summed E-state index contributed by atoms with van der Waals surface area (Å²) in [5.41, 5.74) is 1.68. The molecule has 1 aliphatic heterocycles. The Labute approximate surface area is 134 Å². The molecule has 23 heavy (non-hydrogen) atoms. The Kier molecular flexibility index (Phi) is 4.37. The van der Waals surface area contributed by atoms with Crippen molar-refractivity contribution in [1.82, 2.24) is 9.88 Å². The van der Waals surface area contributed by atoms with E-state index in [1.54, 1.807) is 0 Å². The largest absolute Gasteiger partial charge is 0.477 e. The zero-order valence-electron chi connectivity index (χ0n) is 12.7. The maximum Gasteiger partial charge on any atom is 0.354 e. The van der Waals surface area contributed by atoms with Gasteiger partial charge in [0.15, 0.2) is 0 Å². The van der Waals surface area contributed by atoms with E-state index in [4.69, 9.17) is 5.11 Å². The minimum atomic E-state index is -1.09. The topological polar surface area (TPSA) is 70.5 Å². The van der Waals surface area contributed by atoms with Crippen molar-refractivity contribution in [1.29, 1.82) is 0 Å². The van der Waals surface area contributed by atoms with Gasteiger partial charge in [-0.3, -0.25) is 4.79 Å². The van der Waals surface area contributed by atoms with Crippen molar-refractivity contribution in [3.05, 3.63) is 65.5 Å². The number of aromatic nitrogens is 1. The van der Waals surface area contributed by atoms with Crippen molar-refractivity contribution in [3.8, 4) is 0 Å². The van der Waals surface area contributed by atoms with Gasteiger partial charge in [-0.2, -0.15) is 0 Å². The molecule has 1 aliphatic rings. The highest BCUT2D eigenvalue weighted by molar-refractivity contribution is 5.95. The van der Waals surface area contributed by atoms with Gasteiger partial charge in [-0.1, -0.05) is 30.3 Å². The van der Waals surface area contributed by atoms with E-state index in [0.29, 0.717) is 11.5 Å². The molecule has 1 aromatic heterocycles. The van der Waals surface area contributed by atoms with E-state index in [1.807, 2.05) is 23.1 Å². The Morgan fingerprint density at radius 3 is 2.61 bits per heavy atom. The molecule has 0 aliphatic carbocycles. The van der Waals surface area contributed by atoms with E-state index in [-0.39, 0.29) is 11.6 Å². The van der Waals surface area contributed by atoms with E-state index in [0.717, 1.165) is 25.9 Å². The highest BCUT2D eigenvalue weighted by atomic mass is 16.4. The first-order valence-corrected chi connectivity index (χ1v) is 7.66. The molecule has 5 nitrogen and oxygen atoms in total. The second-order valence-electron chi connectivity index (χ2n) is 5.83. The zero-order chi connectivity index (χ0) is 16.2. The van der Waals surface area contributed by atoms with E-state index in [9.17, 15) is 9.59 Å². The molecule has 1 fully saturated rings. The lowest BCUT2D eigenvalue weighted by atomic mass is 9.99. The van der Waals surface area contributed by atoms with E-state index in [2.05, 4.69) is 17.1 Å². The molecule has 0 bridgehead atoms. The monoisotopic (exact) mass is 310 g/mol. The number of likely N-dealkylation sites (tertiary alicyclic amines) is 1. The number of carbonyl (C=O) groups is 2. The van der Waals surface area contributed by atoms with Gasteiger partial charge in [0.05, 0.1) is 5.56 Å². The van der Waals surface area contributed by atoms with Gasteiger partial charge in [0.1, 0.15) is 5.69 Å². The summed E-state index contributed by atoms with van der Waals surface area (Å²) < 4.78 is 0. The predicted molar refractivity (Wildman–Crippen MR) is 85.4 cm³/mol. The molecule has 3 rings (SSSR count). The first-order chi connectivity index (χ1) is 11.1. The maximum absolute atomic E-state index is 12.5. The minimum Gasteiger partial charge on any atom is -0.477 e. The van der Waals surface area contributed by atoms with Crippen molar-refractivity contribution in [2.24, 2.45) is 5.92 Å². The number of carboxylic acid groups (broad SMARTS) is 1. The number of nitrogens with zero attached hydrogens (tertiary/aromatic N) is 2. The van der Waals surface area contributed by atoms with Crippen LogP contribution in [0.5, 0.6) is 0 Å². The average molecular weight is 310 g/mol. The first-order valence-electron chi connectivity index (χ1n) is 7.66. The fourth-order valence-corrected chi connectivity index (χ4v) is 2.96. The van der Waals surface area contributed by atoms with E-state index < -0.39 is 5.97 Å². The first kappa shape index (κ1) is 15.2. The predicted octanol–water partition coefficient (Wildman–Crippen LogP) is 2.48. The number of hydrogen-bond acceptors (Lipinski definition) is 3. The van der Waals surface area contributed by atoms with Crippen LogP contribution in [-0.2, 0) is 6.42 Å². The van der Waals surface area contributed by atoms with E-state index >= 15 is 0 Å². The Balaban J connectivity index is 1.62. The summed E-state index contributed by atoms with van der Waals surface area (Å²) in [5.74, 6) is -0.703. The number of rotatable bonds is 4. The number of carboxylic acids is 1. The lowest BCUT2D eigenvalue weighted by molar-refractivity contribution is 0.0688. The highest BCUT2D eigenvalue weighted by Crippen LogP contribution is 2.22. The quantitative estimate of drug-likeness (QED) is 0.942.